The van der Waals surface area contributed by atoms with Gasteiger partial charge in [0.05, 0.1) is 7.11 Å². The summed E-state index contributed by atoms with van der Waals surface area (Å²) in [5.41, 5.74) is 3.77. The van der Waals surface area contributed by atoms with Gasteiger partial charge in [0.25, 0.3) is 0 Å². The van der Waals surface area contributed by atoms with Crippen LogP contribution in [0.2, 0.25) is 0 Å². The van der Waals surface area contributed by atoms with Gasteiger partial charge in [-0.15, -0.1) is 0 Å². The first-order valence-corrected chi connectivity index (χ1v) is 11.9. The summed E-state index contributed by atoms with van der Waals surface area (Å²) < 4.78 is 22.5. The highest BCUT2D eigenvalue weighted by Gasteiger charge is 2.28. The second-order valence-electron chi connectivity index (χ2n) is 8.94. The van der Waals surface area contributed by atoms with Gasteiger partial charge in [-0.3, -0.25) is 4.79 Å². The Kier molecular flexibility index (Phi) is 6.35. The average molecular weight is 457 g/mol. The number of fused-ring (bicyclic) bond motifs is 1. The van der Waals surface area contributed by atoms with Crippen LogP contribution in [0.1, 0.15) is 41.9 Å². The Morgan fingerprint density at radius 1 is 0.941 bits per heavy atom. The van der Waals surface area contributed by atoms with E-state index in [1.807, 2.05) is 41.3 Å². The molecule has 1 aliphatic rings. The molecule has 0 spiro atoms. The molecule has 1 atom stereocenters. The van der Waals surface area contributed by atoms with E-state index < -0.39 is 0 Å². The van der Waals surface area contributed by atoms with Crippen LogP contribution in [-0.4, -0.2) is 35.6 Å². The molecule has 3 aromatic carbocycles. The molecule has 4 aromatic rings. The largest absolute Gasteiger partial charge is 0.497 e. The van der Waals surface area contributed by atoms with Gasteiger partial charge in [-0.2, -0.15) is 0 Å². The third-order valence-corrected chi connectivity index (χ3v) is 6.82. The molecule has 174 valence electrons. The Labute approximate surface area is 199 Å². The number of para-hydroxylation sites is 1. The van der Waals surface area contributed by atoms with E-state index >= 15 is 4.39 Å². The Balaban J connectivity index is 1.57. The molecule has 0 bridgehead atoms. The van der Waals surface area contributed by atoms with Gasteiger partial charge in [-0.25, -0.2) is 4.39 Å². The van der Waals surface area contributed by atoms with E-state index in [9.17, 15) is 4.79 Å². The minimum absolute atomic E-state index is 0.0951. The van der Waals surface area contributed by atoms with Gasteiger partial charge in [0.2, 0.25) is 5.91 Å². The molecule has 4 nitrogen and oxygen atoms in total. The number of benzene rings is 3. The topological polar surface area (TPSA) is 34.5 Å². The molecule has 2 heterocycles. The van der Waals surface area contributed by atoms with Crippen molar-refractivity contribution in [3.05, 3.63) is 102 Å². The van der Waals surface area contributed by atoms with Crippen molar-refractivity contribution < 1.29 is 13.9 Å². The van der Waals surface area contributed by atoms with Gasteiger partial charge < -0.3 is 14.2 Å². The van der Waals surface area contributed by atoms with Crippen molar-refractivity contribution in [1.29, 1.82) is 0 Å². The van der Waals surface area contributed by atoms with Crippen molar-refractivity contribution in [3.8, 4) is 5.75 Å². The van der Waals surface area contributed by atoms with E-state index in [0.29, 0.717) is 12.1 Å². The van der Waals surface area contributed by atoms with Crippen molar-refractivity contribution in [2.75, 3.05) is 20.2 Å². The van der Waals surface area contributed by atoms with E-state index in [0.717, 1.165) is 53.7 Å². The molecule has 0 saturated carbocycles. The van der Waals surface area contributed by atoms with Crippen LogP contribution >= 0.6 is 0 Å². The van der Waals surface area contributed by atoms with Crippen LogP contribution < -0.4 is 4.74 Å². The monoisotopic (exact) mass is 456 g/mol. The minimum Gasteiger partial charge on any atom is -0.497 e. The zero-order chi connectivity index (χ0) is 23.5. The quantitative estimate of drug-likeness (QED) is 0.343. The number of carbonyl (C=O) groups is 1. The number of ether oxygens (including phenoxy) is 1. The van der Waals surface area contributed by atoms with E-state index in [1.54, 1.807) is 13.2 Å². The van der Waals surface area contributed by atoms with E-state index in [2.05, 4.69) is 35.0 Å². The molecule has 1 unspecified atom stereocenters. The summed E-state index contributed by atoms with van der Waals surface area (Å²) in [6.07, 6.45) is 4.44. The molecule has 5 heteroatoms. The zero-order valence-corrected chi connectivity index (χ0v) is 19.4. The molecule has 1 aliphatic heterocycles. The SMILES string of the molecule is COc1ccc(Cn2cc(C(CC(=O)N3CCCC3)c3ccccc3F)c3ccccc32)cc1. The van der Waals surface area contributed by atoms with E-state index in [1.165, 1.54) is 6.07 Å². The Morgan fingerprint density at radius 2 is 1.65 bits per heavy atom. The zero-order valence-electron chi connectivity index (χ0n) is 19.4. The molecular formula is C29H29FN2O2. The van der Waals surface area contributed by atoms with Gasteiger partial charge in [-0.05, 0) is 53.8 Å². The number of hydrogen-bond donors (Lipinski definition) is 0. The van der Waals surface area contributed by atoms with Crippen molar-refractivity contribution in [2.24, 2.45) is 0 Å². The first-order chi connectivity index (χ1) is 16.6. The van der Waals surface area contributed by atoms with Crippen LogP contribution in [0.5, 0.6) is 5.75 Å². The molecule has 0 aliphatic carbocycles. The Hall–Kier alpha value is -3.60. The lowest BCUT2D eigenvalue weighted by atomic mass is 9.87. The number of aromatic nitrogens is 1. The van der Waals surface area contributed by atoms with Crippen molar-refractivity contribution in [2.45, 2.75) is 31.7 Å². The van der Waals surface area contributed by atoms with Crippen LogP contribution in [0.4, 0.5) is 4.39 Å². The second kappa shape index (κ2) is 9.72. The fourth-order valence-corrected chi connectivity index (χ4v) is 5.03. The summed E-state index contributed by atoms with van der Waals surface area (Å²) in [5.74, 6) is 0.296. The summed E-state index contributed by atoms with van der Waals surface area (Å²) in [6, 6.07) is 23.1. The lowest BCUT2D eigenvalue weighted by Crippen LogP contribution is -2.29. The number of likely N-dealkylation sites (tertiary alicyclic amines) is 1. The number of nitrogens with zero attached hydrogens (tertiary/aromatic N) is 2. The highest BCUT2D eigenvalue weighted by Crippen LogP contribution is 2.37. The predicted molar refractivity (Wildman–Crippen MR) is 133 cm³/mol. The van der Waals surface area contributed by atoms with Crippen molar-refractivity contribution >= 4 is 16.8 Å². The number of halogens is 1. The molecule has 34 heavy (non-hydrogen) atoms. The maximum atomic E-state index is 15.0. The van der Waals surface area contributed by atoms with Gasteiger partial charge in [0.15, 0.2) is 0 Å². The third kappa shape index (κ3) is 4.43. The normalized spacial score (nSPS) is 14.5. The summed E-state index contributed by atoms with van der Waals surface area (Å²) in [4.78, 5) is 15.1. The Bertz CT molecular complexity index is 1290. The fraction of sp³-hybridized carbons (Fsp3) is 0.276. The lowest BCUT2D eigenvalue weighted by Gasteiger charge is -2.22. The van der Waals surface area contributed by atoms with Crippen LogP contribution in [0.15, 0.2) is 79.0 Å². The fourth-order valence-electron chi connectivity index (χ4n) is 5.03. The highest BCUT2D eigenvalue weighted by molar-refractivity contribution is 5.87. The maximum absolute atomic E-state index is 15.0. The summed E-state index contributed by atoms with van der Waals surface area (Å²) in [6.45, 7) is 2.26. The van der Waals surface area contributed by atoms with Gasteiger partial charge in [0.1, 0.15) is 11.6 Å². The third-order valence-electron chi connectivity index (χ3n) is 6.82. The number of carbonyl (C=O) groups excluding carboxylic acids is 1. The predicted octanol–water partition coefficient (Wildman–Crippen LogP) is 5.98. The van der Waals surface area contributed by atoms with Crippen LogP contribution in [-0.2, 0) is 11.3 Å². The van der Waals surface area contributed by atoms with E-state index in [-0.39, 0.29) is 24.1 Å². The van der Waals surface area contributed by atoms with Gasteiger partial charge >= 0.3 is 0 Å². The first kappa shape index (κ1) is 22.2. The molecular weight excluding hydrogens is 427 g/mol. The number of hydrogen-bond acceptors (Lipinski definition) is 2. The summed E-state index contributed by atoms with van der Waals surface area (Å²) >= 11 is 0. The number of methoxy groups -OCH3 is 1. The highest BCUT2D eigenvalue weighted by atomic mass is 19.1. The molecule has 0 radical (unpaired) electrons. The minimum atomic E-state index is -0.351. The molecule has 1 saturated heterocycles. The van der Waals surface area contributed by atoms with Gasteiger partial charge in [0, 0.05) is 49.1 Å². The van der Waals surface area contributed by atoms with Gasteiger partial charge in [-0.1, -0.05) is 48.5 Å². The Morgan fingerprint density at radius 3 is 2.38 bits per heavy atom. The van der Waals surface area contributed by atoms with Crippen LogP contribution in [0.3, 0.4) is 0 Å². The second-order valence-corrected chi connectivity index (χ2v) is 8.94. The van der Waals surface area contributed by atoms with E-state index in [4.69, 9.17) is 4.74 Å². The lowest BCUT2D eigenvalue weighted by molar-refractivity contribution is -0.130. The maximum Gasteiger partial charge on any atom is 0.223 e. The summed E-state index contributed by atoms with van der Waals surface area (Å²) in [7, 11) is 1.66. The van der Waals surface area contributed by atoms with Crippen molar-refractivity contribution in [3.63, 3.8) is 0 Å². The van der Waals surface area contributed by atoms with Crippen LogP contribution in [0, 0.1) is 5.82 Å². The molecule has 0 N–H and O–H groups in total. The standard InChI is InChI=1S/C29H29FN2O2/c1-34-22-14-12-21(13-15-22)19-32-20-26(24-9-3-5-11-28(24)32)25(23-8-2-4-10-27(23)30)18-29(33)31-16-6-7-17-31/h2-5,8-15,20,25H,6-7,16-19H2,1H3. The van der Waals surface area contributed by atoms with Crippen LogP contribution in [0.25, 0.3) is 10.9 Å². The van der Waals surface area contributed by atoms with Crippen molar-refractivity contribution in [1.82, 2.24) is 9.47 Å². The molecule has 1 aromatic heterocycles. The smallest absolute Gasteiger partial charge is 0.223 e. The number of amides is 1. The molecule has 5 rings (SSSR count). The average Bonchev–Trinajstić information content (AvgIpc) is 3.53. The molecule has 1 amide bonds. The molecule has 1 fully saturated rings. The number of rotatable bonds is 7. The first-order valence-electron chi connectivity index (χ1n) is 11.9. The summed E-state index contributed by atoms with van der Waals surface area (Å²) in [5, 5.41) is 1.05.